The molecule has 0 radical (unpaired) electrons. The van der Waals surface area contributed by atoms with E-state index in [0.717, 1.165) is 23.4 Å². The molecule has 0 spiro atoms. The molecule has 0 unspecified atom stereocenters. The third-order valence-corrected chi connectivity index (χ3v) is 5.93. The van der Waals surface area contributed by atoms with Gasteiger partial charge in [0.25, 0.3) is 0 Å². The first-order valence-electron chi connectivity index (χ1n) is 9.55. The zero-order valence-electron chi connectivity index (χ0n) is 16.3. The van der Waals surface area contributed by atoms with E-state index in [1.165, 1.54) is 24.3 Å². The number of benzene rings is 2. The van der Waals surface area contributed by atoms with Crippen molar-refractivity contribution in [3.05, 3.63) is 71.3 Å². The highest BCUT2D eigenvalue weighted by Gasteiger charge is 2.31. The second kappa shape index (κ2) is 9.52. The van der Waals surface area contributed by atoms with Gasteiger partial charge in [0.15, 0.2) is 0 Å². The monoisotopic (exact) mass is 404 g/mol. The van der Waals surface area contributed by atoms with Crippen LogP contribution in [-0.4, -0.2) is 41.1 Å². The van der Waals surface area contributed by atoms with Gasteiger partial charge in [0, 0.05) is 25.4 Å². The predicted molar refractivity (Wildman–Crippen MR) is 110 cm³/mol. The second-order valence-corrected chi connectivity index (χ2v) is 8.74. The van der Waals surface area contributed by atoms with Crippen molar-refractivity contribution in [2.24, 2.45) is 5.92 Å². The minimum absolute atomic E-state index is 0.0696. The van der Waals surface area contributed by atoms with Crippen molar-refractivity contribution >= 4 is 17.7 Å². The second-order valence-electron chi connectivity index (χ2n) is 7.55. The summed E-state index contributed by atoms with van der Waals surface area (Å²) in [6.45, 7) is 6.63. The Kier molecular flexibility index (Phi) is 7.08. The lowest BCUT2D eigenvalue weighted by atomic mass is 10.1. The van der Waals surface area contributed by atoms with Crippen LogP contribution in [0.3, 0.4) is 0 Å². The van der Waals surface area contributed by atoms with Crippen molar-refractivity contribution in [2.45, 2.75) is 25.8 Å². The van der Waals surface area contributed by atoms with Crippen molar-refractivity contribution in [3.63, 3.8) is 0 Å². The van der Waals surface area contributed by atoms with E-state index in [2.05, 4.69) is 18.7 Å². The van der Waals surface area contributed by atoms with Gasteiger partial charge in [-0.2, -0.15) is 0 Å². The number of hydrogen-bond acceptors (Lipinski definition) is 3. The highest BCUT2D eigenvalue weighted by Crippen LogP contribution is 2.38. The Morgan fingerprint density at radius 3 is 2.32 bits per heavy atom. The van der Waals surface area contributed by atoms with Gasteiger partial charge in [-0.15, -0.1) is 11.8 Å². The molecule has 6 heteroatoms. The summed E-state index contributed by atoms with van der Waals surface area (Å²) in [5.41, 5.74) is 1.94. The Labute approximate surface area is 169 Å². The predicted octanol–water partition coefficient (Wildman–Crippen LogP) is 4.70. The van der Waals surface area contributed by atoms with Crippen LogP contribution in [0.25, 0.3) is 0 Å². The molecule has 0 N–H and O–H groups in total. The van der Waals surface area contributed by atoms with Crippen molar-refractivity contribution in [3.8, 4) is 0 Å². The van der Waals surface area contributed by atoms with E-state index in [1.807, 2.05) is 4.90 Å². The molecule has 2 aromatic rings. The van der Waals surface area contributed by atoms with Gasteiger partial charge >= 0.3 is 0 Å². The van der Waals surface area contributed by atoms with Crippen LogP contribution in [0, 0.1) is 17.6 Å². The SMILES string of the molecule is CC(C)CN(CC(=O)N1CCS[C@@H]1c1ccc(F)cc1)Cc1ccc(F)cc1. The van der Waals surface area contributed by atoms with E-state index in [4.69, 9.17) is 0 Å². The standard InChI is InChI=1S/C22H26F2N2OS/c1-16(2)13-25(14-17-3-7-19(23)8-4-17)15-21(27)26-11-12-28-22(26)18-5-9-20(24)10-6-18/h3-10,16,22H,11-15H2,1-2H3/t22-/m1/s1. The highest BCUT2D eigenvalue weighted by molar-refractivity contribution is 7.99. The van der Waals surface area contributed by atoms with Crippen LogP contribution < -0.4 is 0 Å². The Morgan fingerprint density at radius 1 is 1.11 bits per heavy atom. The Balaban J connectivity index is 1.69. The molecule has 2 aromatic carbocycles. The Morgan fingerprint density at radius 2 is 1.71 bits per heavy atom. The fraction of sp³-hybridized carbons (Fsp3) is 0.409. The molecule has 0 bridgehead atoms. The third-order valence-electron chi connectivity index (χ3n) is 4.67. The summed E-state index contributed by atoms with van der Waals surface area (Å²) in [4.78, 5) is 17.1. The first-order chi connectivity index (χ1) is 13.4. The maximum absolute atomic E-state index is 13.2. The Hall–Kier alpha value is -1.92. The van der Waals surface area contributed by atoms with Gasteiger partial charge in [-0.05, 0) is 41.3 Å². The topological polar surface area (TPSA) is 23.6 Å². The van der Waals surface area contributed by atoms with Crippen LogP contribution in [0.1, 0.15) is 30.3 Å². The van der Waals surface area contributed by atoms with Crippen LogP contribution in [0.2, 0.25) is 0 Å². The number of thioether (sulfide) groups is 1. The molecule has 0 saturated carbocycles. The van der Waals surface area contributed by atoms with E-state index >= 15 is 0 Å². The number of rotatable bonds is 7. The van der Waals surface area contributed by atoms with E-state index < -0.39 is 0 Å². The zero-order chi connectivity index (χ0) is 20.1. The zero-order valence-corrected chi connectivity index (χ0v) is 17.1. The summed E-state index contributed by atoms with van der Waals surface area (Å²) in [6.07, 6.45) is 0. The van der Waals surface area contributed by atoms with E-state index in [9.17, 15) is 13.6 Å². The molecule has 1 heterocycles. The molecule has 150 valence electrons. The van der Waals surface area contributed by atoms with Crippen LogP contribution >= 0.6 is 11.8 Å². The quantitative estimate of drug-likeness (QED) is 0.668. The van der Waals surface area contributed by atoms with Crippen LogP contribution in [-0.2, 0) is 11.3 Å². The molecule has 1 atom stereocenters. The lowest BCUT2D eigenvalue weighted by Gasteiger charge is -2.29. The lowest BCUT2D eigenvalue weighted by Crippen LogP contribution is -2.41. The van der Waals surface area contributed by atoms with Crippen molar-refractivity contribution in [2.75, 3.05) is 25.4 Å². The van der Waals surface area contributed by atoms with Crippen molar-refractivity contribution in [1.29, 1.82) is 0 Å². The maximum atomic E-state index is 13.2. The minimum atomic E-state index is -0.271. The molecular weight excluding hydrogens is 378 g/mol. The number of carbonyl (C=O) groups excluding carboxylic acids is 1. The average Bonchev–Trinajstić information content (AvgIpc) is 3.13. The molecule has 0 aliphatic carbocycles. The molecule has 1 saturated heterocycles. The van der Waals surface area contributed by atoms with Crippen LogP contribution in [0.4, 0.5) is 8.78 Å². The fourth-order valence-electron chi connectivity index (χ4n) is 3.46. The third kappa shape index (κ3) is 5.55. The molecule has 0 aromatic heterocycles. The molecular formula is C22H26F2N2OS. The first-order valence-corrected chi connectivity index (χ1v) is 10.6. The van der Waals surface area contributed by atoms with Crippen LogP contribution in [0.15, 0.2) is 48.5 Å². The number of nitrogens with zero attached hydrogens (tertiary/aromatic N) is 2. The largest absolute Gasteiger partial charge is 0.325 e. The molecule has 28 heavy (non-hydrogen) atoms. The molecule has 1 fully saturated rings. The van der Waals surface area contributed by atoms with E-state index in [1.54, 1.807) is 36.0 Å². The molecule has 1 amide bonds. The van der Waals surface area contributed by atoms with Gasteiger partial charge < -0.3 is 4.90 Å². The summed E-state index contributed by atoms with van der Waals surface area (Å²) in [5, 5.41) is -0.0696. The lowest BCUT2D eigenvalue weighted by molar-refractivity contribution is -0.132. The number of halogens is 2. The van der Waals surface area contributed by atoms with Gasteiger partial charge in [-0.3, -0.25) is 9.69 Å². The fourth-order valence-corrected chi connectivity index (χ4v) is 4.74. The summed E-state index contributed by atoms with van der Waals surface area (Å²) >= 11 is 1.71. The maximum Gasteiger partial charge on any atom is 0.237 e. The molecule has 3 rings (SSSR count). The number of amides is 1. The van der Waals surface area contributed by atoms with Gasteiger partial charge in [0.2, 0.25) is 5.91 Å². The average molecular weight is 405 g/mol. The highest BCUT2D eigenvalue weighted by atomic mass is 32.2. The Bertz CT molecular complexity index is 780. The summed E-state index contributed by atoms with van der Waals surface area (Å²) in [5.74, 6) is 0.824. The van der Waals surface area contributed by atoms with Crippen molar-refractivity contribution < 1.29 is 13.6 Å². The summed E-state index contributed by atoms with van der Waals surface area (Å²) in [6, 6.07) is 12.8. The first kappa shape index (κ1) is 20.8. The van der Waals surface area contributed by atoms with Gasteiger partial charge in [0.1, 0.15) is 17.0 Å². The van der Waals surface area contributed by atoms with Gasteiger partial charge in [-0.25, -0.2) is 8.78 Å². The van der Waals surface area contributed by atoms with E-state index in [0.29, 0.717) is 25.6 Å². The minimum Gasteiger partial charge on any atom is -0.325 e. The number of carbonyl (C=O) groups is 1. The number of hydrogen-bond donors (Lipinski definition) is 0. The van der Waals surface area contributed by atoms with Gasteiger partial charge in [-0.1, -0.05) is 38.1 Å². The van der Waals surface area contributed by atoms with Gasteiger partial charge in [0.05, 0.1) is 6.54 Å². The smallest absolute Gasteiger partial charge is 0.237 e. The molecule has 3 nitrogen and oxygen atoms in total. The van der Waals surface area contributed by atoms with Crippen molar-refractivity contribution in [1.82, 2.24) is 9.80 Å². The summed E-state index contributed by atoms with van der Waals surface area (Å²) in [7, 11) is 0. The molecule has 1 aliphatic rings. The van der Waals surface area contributed by atoms with Crippen LogP contribution in [0.5, 0.6) is 0 Å². The summed E-state index contributed by atoms with van der Waals surface area (Å²) < 4.78 is 26.4. The van der Waals surface area contributed by atoms with E-state index in [-0.39, 0.29) is 22.9 Å². The molecule has 1 aliphatic heterocycles. The normalized spacial score (nSPS) is 16.9.